The molecule has 1 aromatic heterocycles. The Bertz CT molecular complexity index is 384. The lowest BCUT2D eigenvalue weighted by Crippen LogP contribution is -2.13. The summed E-state index contributed by atoms with van der Waals surface area (Å²) in [5.74, 6) is -1.82. The minimum atomic E-state index is -2.94. The van der Waals surface area contributed by atoms with E-state index in [0.29, 0.717) is 0 Å². The molecule has 0 fully saturated rings. The van der Waals surface area contributed by atoms with Gasteiger partial charge in [0.15, 0.2) is 5.75 Å². The Hall–Kier alpha value is -0.990. The highest BCUT2D eigenvalue weighted by Gasteiger charge is 2.21. The van der Waals surface area contributed by atoms with E-state index in [2.05, 4.69) is 4.98 Å². The Kier molecular flexibility index (Phi) is 3.19. The third-order valence-corrected chi connectivity index (χ3v) is 2.01. The van der Waals surface area contributed by atoms with Gasteiger partial charge in [0.05, 0.1) is 5.56 Å². The second kappa shape index (κ2) is 4.03. The fourth-order valence-corrected chi connectivity index (χ4v) is 1.44. The van der Waals surface area contributed by atoms with E-state index in [1.54, 1.807) is 22.6 Å². The molecule has 76 valence electrons. The van der Waals surface area contributed by atoms with Crippen LogP contribution >= 0.6 is 22.6 Å². The topological polar surface area (TPSA) is 76.2 Å². The number of primary amides is 1. The molecule has 0 spiro atoms. The second-order valence-corrected chi connectivity index (χ2v) is 3.50. The Morgan fingerprint density at radius 3 is 2.64 bits per heavy atom. The molecule has 1 heterocycles. The molecule has 1 amide bonds. The quantitative estimate of drug-likeness (QED) is 0.640. The van der Waals surface area contributed by atoms with Gasteiger partial charge in [0.1, 0.15) is 9.39 Å². The van der Waals surface area contributed by atoms with Crippen molar-refractivity contribution in [2.24, 2.45) is 5.73 Å². The number of amides is 1. The summed E-state index contributed by atoms with van der Waals surface area (Å²) in [6, 6.07) is 1.14. The first-order valence-electron chi connectivity index (χ1n) is 3.41. The second-order valence-electron chi connectivity index (χ2n) is 2.39. The number of aromatic hydroxyl groups is 1. The largest absolute Gasteiger partial charge is 0.505 e. The molecule has 0 aromatic carbocycles. The van der Waals surface area contributed by atoms with Gasteiger partial charge >= 0.3 is 0 Å². The summed E-state index contributed by atoms with van der Waals surface area (Å²) in [6.45, 7) is 0. The molecule has 1 aromatic rings. The van der Waals surface area contributed by atoms with Crippen LogP contribution in [0.2, 0.25) is 0 Å². The number of aromatic nitrogens is 1. The number of hydrogen-bond donors (Lipinski definition) is 2. The summed E-state index contributed by atoms with van der Waals surface area (Å²) in [4.78, 5) is 14.1. The third-order valence-electron chi connectivity index (χ3n) is 1.46. The molecule has 7 heteroatoms. The van der Waals surface area contributed by atoms with Gasteiger partial charge in [-0.1, -0.05) is 0 Å². The molecular formula is C7H5F2IN2O2. The molecule has 0 radical (unpaired) electrons. The fourth-order valence-electron chi connectivity index (χ4n) is 0.866. The molecule has 4 nitrogen and oxygen atoms in total. The summed E-state index contributed by atoms with van der Waals surface area (Å²) < 4.78 is 24.7. The van der Waals surface area contributed by atoms with Crippen molar-refractivity contribution in [2.45, 2.75) is 6.43 Å². The van der Waals surface area contributed by atoms with E-state index >= 15 is 0 Å². The zero-order valence-electron chi connectivity index (χ0n) is 6.67. The Morgan fingerprint density at radius 2 is 2.21 bits per heavy atom. The lowest BCUT2D eigenvalue weighted by molar-refractivity contribution is 0.0995. The molecule has 1 rings (SSSR count). The zero-order chi connectivity index (χ0) is 10.9. The van der Waals surface area contributed by atoms with Crippen LogP contribution < -0.4 is 5.73 Å². The van der Waals surface area contributed by atoms with E-state index in [-0.39, 0.29) is 9.26 Å². The average Bonchev–Trinajstić information content (AvgIpc) is 2.07. The zero-order valence-corrected chi connectivity index (χ0v) is 8.83. The predicted molar refractivity (Wildman–Crippen MR) is 52.1 cm³/mol. The Balaban J connectivity index is 3.40. The standard InChI is InChI=1S/C7H5F2IN2O2/c8-6(9)4-5(13)2(7(11)14)1-3(10)12-4/h1,6,13H,(H2,11,14). The molecule has 0 aliphatic heterocycles. The summed E-state index contributed by atoms with van der Waals surface area (Å²) in [6.07, 6.45) is -2.94. The Labute approximate surface area is 91.3 Å². The summed E-state index contributed by atoms with van der Waals surface area (Å²) in [5, 5.41) is 9.21. The van der Waals surface area contributed by atoms with E-state index < -0.39 is 23.8 Å². The van der Waals surface area contributed by atoms with Gasteiger partial charge in [-0.05, 0) is 28.7 Å². The number of carbonyl (C=O) groups excluding carboxylic acids is 1. The van der Waals surface area contributed by atoms with E-state index in [1.807, 2.05) is 0 Å². The van der Waals surface area contributed by atoms with Gasteiger partial charge < -0.3 is 10.8 Å². The maximum absolute atomic E-state index is 12.3. The van der Waals surface area contributed by atoms with E-state index in [9.17, 15) is 18.7 Å². The molecule has 0 aliphatic carbocycles. The number of rotatable bonds is 2. The molecule has 0 aliphatic rings. The van der Waals surface area contributed by atoms with Crippen LogP contribution in [0, 0.1) is 3.70 Å². The molecule has 14 heavy (non-hydrogen) atoms. The first-order valence-corrected chi connectivity index (χ1v) is 4.48. The molecule has 0 atom stereocenters. The van der Waals surface area contributed by atoms with Gasteiger partial charge in [-0.15, -0.1) is 0 Å². The first kappa shape index (κ1) is 11.1. The number of nitrogens with zero attached hydrogens (tertiary/aromatic N) is 1. The minimum absolute atomic E-state index is 0.171. The van der Waals surface area contributed by atoms with Gasteiger partial charge in [0.2, 0.25) is 0 Å². The van der Waals surface area contributed by atoms with Crippen LogP contribution in [-0.4, -0.2) is 16.0 Å². The van der Waals surface area contributed by atoms with E-state index in [0.717, 1.165) is 6.07 Å². The maximum atomic E-state index is 12.3. The molecular weight excluding hydrogens is 309 g/mol. The van der Waals surface area contributed by atoms with Crippen LogP contribution in [0.25, 0.3) is 0 Å². The van der Waals surface area contributed by atoms with Crippen LogP contribution in [-0.2, 0) is 0 Å². The van der Waals surface area contributed by atoms with Crippen LogP contribution in [0.1, 0.15) is 22.5 Å². The third kappa shape index (κ3) is 2.08. The lowest BCUT2D eigenvalue weighted by Gasteiger charge is -2.06. The highest BCUT2D eigenvalue weighted by atomic mass is 127. The van der Waals surface area contributed by atoms with Gasteiger partial charge in [-0.2, -0.15) is 0 Å². The van der Waals surface area contributed by atoms with Crippen molar-refractivity contribution < 1.29 is 18.7 Å². The molecule has 0 bridgehead atoms. The highest BCUT2D eigenvalue weighted by molar-refractivity contribution is 14.1. The van der Waals surface area contributed by atoms with Crippen molar-refractivity contribution in [3.8, 4) is 5.75 Å². The van der Waals surface area contributed by atoms with E-state index in [4.69, 9.17) is 5.73 Å². The van der Waals surface area contributed by atoms with Gasteiger partial charge in [-0.25, -0.2) is 13.8 Å². The van der Waals surface area contributed by atoms with Crippen LogP contribution in [0.3, 0.4) is 0 Å². The monoisotopic (exact) mass is 314 g/mol. The predicted octanol–water partition coefficient (Wildman–Crippen LogP) is 1.43. The van der Waals surface area contributed by atoms with Gasteiger partial charge in [-0.3, -0.25) is 4.79 Å². The number of alkyl halides is 2. The number of nitrogens with two attached hydrogens (primary N) is 1. The van der Waals surface area contributed by atoms with Gasteiger partial charge in [0.25, 0.3) is 12.3 Å². The molecule has 3 N–H and O–H groups in total. The number of pyridine rings is 1. The molecule has 0 unspecified atom stereocenters. The summed E-state index contributed by atoms with van der Waals surface area (Å²) in [5.41, 5.74) is 3.70. The van der Waals surface area contributed by atoms with Crippen molar-refractivity contribution in [2.75, 3.05) is 0 Å². The first-order chi connectivity index (χ1) is 6.43. The smallest absolute Gasteiger partial charge is 0.284 e. The van der Waals surface area contributed by atoms with Crippen molar-refractivity contribution in [3.63, 3.8) is 0 Å². The molecule has 0 saturated carbocycles. The van der Waals surface area contributed by atoms with Crippen molar-refractivity contribution in [1.82, 2.24) is 4.98 Å². The van der Waals surface area contributed by atoms with Crippen LogP contribution in [0.4, 0.5) is 8.78 Å². The number of hydrogen-bond acceptors (Lipinski definition) is 3. The average molecular weight is 314 g/mol. The summed E-state index contributed by atoms with van der Waals surface area (Å²) in [7, 11) is 0. The Morgan fingerprint density at radius 1 is 1.64 bits per heavy atom. The summed E-state index contributed by atoms with van der Waals surface area (Å²) >= 11 is 1.65. The van der Waals surface area contributed by atoms with Crippen LogP contribution in [0.15, 0.2) is 6.07 Å². The van der Waals surface area contributed by atoms with Crippen LogP contribution in [0.5, 0.6) is 5.75 Å². The van der Waals surface area contributed by atoms with Gasteiger partial charge in [0, 0.05) is 0 Å². The minimum Gasteiger partial charge on any atom is -0.505 e. The van der Waals surface area contributed by atoms with Crippen molar-refractivity contribution in [1.29, 1.82) is 0 Å². The fraction of sp³-hybridized carbons (Fsp3) is 0.143. The normalized spacial score (nSPS) is 10.6. The number of halogens is 3. The number of carbonyl (C=O) groups is 1. The van der Waals surface area contributed by atoms with Crippen molar-refractivity contribution in [3.05, 3.63) is 21.0 Å². The SMILES string of the molecule is NC(=O)c1cc(I)nc(C(F)F)c1O. The van der Waals surface area contributed by atoms with Crippen molar-refractivity contribution >= 4 is 28.5 Å². The molecule has 0 saturated heterocycles. The highest BCUT2D eigenvalue weighted by Crippen LogP contribution is 2.30. The maximum Gasteiger partial charge on any atom is 0.284 e. The lowest BCUT2D eigenvalue weighted by atomic mass is 10.2. The van der Waals surface area contributed by atoms with E-state index in [1.165, 1.54) is 0 Å².